The zero-order valence-electron chi connectivity index (χ0n) is 25.3. The number of nitrogens with two attached hydrogens (primary N) is 1. The summed E-state index contributed by atoms with van der Waals surface area (Å²) in [5.74, 6) is 1.91. The van der Waals surface area contributed by atoms with Gasteiger partial charge in [0.05, 0.1) is 39.1 Å². The molecule has 3 aromatic carbocycles. The first-order valence-electron chi connectivity index (χ1n) is 13.9. The molecule has 1 aliphatic rings. The van der Waals surface area contributed by atoms with E-state index in [9.17, 15) is 9.59 Å². The number of benzene rings is 3. The maximum Gasteiger partial charge on any atom is 0.347 e. The molecule has 5 rings (SSSR count). The zero-order chi connectivity index (χ0) is 31.1. The number of hydrogen-bond acceptors (Lipinski definition) is 9. The number of fused-ring (bicyclic) bond motifs is 2. The van der Waals surface area contributed by atoms with Crippen LogP contribution in [-0.2, 0) is 4.74 Å². The van der Waals surface area contributed by atoms with E-state index in [4.69, 9.17) is 33.8 Å². The van der Waals surface area contributed by atoms with Crippen molar-refractivity contribution in [1.29, 1.82) is 0 Å². The molecule has 9 nitrogen and oxygen atoms in total. The summed E-state index contributed by atoms with van der Waals surface area (Å²) in [5.41, 5.74) is 7.80. The Morgan fingerprint density at radius 3 is 2.21 bits per heavy atom. The molecule has 0 fully saturated rings. The van der Waals surface area contributed by atoms with Gasteiger partial charge in [-0.25, -0.2) is 9.59 Å². The molecule has 1 aliphatic heterocycles. The van der Waals surface area contributed by atoms with Crippen molar-refractivity contribution in [3.05, 3.63) is 82.2 Å². The molecule has 2 N–H and O–H groups in total. The van der Waals surface area contributed by atoms with Gasteiger partial charge in [-0.3, -0.25) is 0 Å². The first-order chi connectivity index (χ1) is 20.6. The van der Waals surface area contributed by atoms with E-state index in [1.165, 1.54) is 7.11 Å². The van der Waals surface area contributed by atoms with Crippen LogP contribution in [0.1, 0.15) is 49.5 Å². The number of anilines is 1. The molecule has 43 heavy (non-hydrogen) atoms. The van der Waals surface area contributed by atoms with Crippen LogP contribution in [0.5, 0.6) is 23.0 Å². The van der Waals surface area contributed by atoms with Gasteiger partial charge < -0.3 is 33.8 Å². The fourth-order valence-corrected chi connectivity index (χ4v) is 4.57. The van der Waals surface area contributed by atoms with Crippen LogP contribution in [0.25, 0.3) is 28.2 Å². The van der Waals surface area contributed by atoms with Crippen LogP contribution < -0.4 is 30.3 Å². The van der Waals surface area contributed by atoms with Crippen LogP contribution in [0.15, 0.2) is 69.9 Å². The molecular formula is C34H37NO8. The Bertz CT molecular complexity index is 1670. The summed E-state index contributed by atoms with van der Waals surface area (Å²) in [4.78, 5) is 24.3. The van der Waals surface area contributed by atoms with E-state index in [0.717, 1.165) is 18.4 Å². The smallest absolute Gasteiger partial charge is 0.347 e. The van der Waals surface area contributed by atoms with Gasteiger partial charge in [-0.1, -0.05) is 25.5 Å². The van der Waals surface area contributed by atoms with Gasteiger partial charge in [-0.15, -0.1) is 0 Å². The SMILES string of the molecule is CCCCOC(=O)c1ccc(N)cc1.COc1ccc(-c2c(OC)c3c(OC)c4c(cc3oc2=O)OC(C)(C)C=C4)cc1. The van der Waals surface area contributed by atoms with Crippen LogP contribution in [0.2, 0.25) is 0 Å². The molecule has 0 saturated heterocycles. The molecule has 4 aromatic rings. The van der Waals surface area contributed by atoms with Crippen LogP contribution in [0.3, 0.4) is 0 Å². The summed E-state index contributed by atoms with van der Waals surface area (Å²) in [7, 11) is 4.68. The van der Waals surface area contributed by atoms with E-state index in [1.54, 1.807) is 68.8 Å². The van der Waals surface area contributed by atoms with Gasteiger partial charge in [-0.2, -0.15) is 0 Å². The number of esters is 1. The molecular weight excluding hydrogens is 550 g/mol. The molecule has 0 radical (unpaired) electrons. The van der Waals surface area contributed by atoms with Crippen molar-refractivity contribution in [2.45, 2.75) is 39.2 Å². The average molecular weight is 588 g/mol. The van der Waals surface area contributed by atoms with Gasteiger partial charge in [0.1, 0.15) is 45.1 Å². The minimum Gasteiger partial charge on any atom is -0.497 e. The van der Waals surface area contributed by atoms with E-state index >= 15 is 0 Å². The lowest BCUT2D eigenvalue weighted by molar-refractivity contribution is 0.0499. The lowest BCUT2D eigenvalue weighted by atomic mass is 9.98. The summed E-state index contributed by atoms with van der Waals surface area (Å²) < 4.78 is 33.3. The molecule has 0 unspecified atom stereocenters. The fraction of sp³-hybridized carbons (Fsp3) is 0.294. The Kier molecular flexibility index (Phi) is 9.65. The number of ether oxygens (including phenoxy) is 5. The summed E-state index contributed by atoms with van der Waals surface area (Å²) in [6.45, 7) is 6.44. The Labute approximate surface area is 250 Å². The largest absolute Gasteiger partial charge is 0.497 e. The third-order valence-electron chi connectivity index (χ3n) is 6.80. The molecule has 0 bridgehead atoms. The second-order valence-electron chi connectivity index (χ2n) is 10.4. The predicted molar refractivity (Wildman–Crippen MR) is 167 cm³/mol. The van der Waals surface area contributed by atoms with E-state index < -0.39 is 11.2 Å². The van der Waals surface area contributed by atoms with Crippen molar-refractivity contribution in [2.24, 2.45) is 0 Å². The number of hydrogen-bond donors (Lipinski definition) is 1. The molecule has 0 spiro atoms. The van der Waals surface area contributed by atoms with Gasteiger partial charge >= 0.3 is 11.6 Å². The summed E-state index contributed by atoms with van der Waals surface area (Å²) >= 11 is 0. The van der Waals surface area contributed by atoms with Crippen LogP contribution in [0, 0.1) is 0 Å². The Hall–Kier alpha value is -4.92. The van der Waals surface area contributed by atoms with Gasteiger partial charge in [0.25, 0.3) is 0 Å². The predicted octanol–water partition coefficient (Wildman–Crippen LogP) is 6.90. The average Bonchev–Trinajstić information content (AvgIpc) is 2.99. The Balaban J connectivity index is 0.000000255. The highest BCUT2D eigenvalue weighted by molar-refractivity contribution is 5.99. The molecule has 1 aromatic heterocycles. The number of nitrogen functional groups attached to an aromatic ring is 1. The van der Waals surface area contributed by atoms with Crippen molar-refractivity contribution in [2.75, 3.05) is 33.7 Å². The standard InChI is InChI=1S/C23H22O6.C11H15NO2/c1-23(2)11-10-15-16(29-23)12-17-19(20(15)26-4)21(27-5)18(22(24)28-17)13-6-8-14(25-3)9-7-13;1-2-3-8-14-11(13)9-4-6-10(12)7-5-9/h6-12H,1-5H3;4-7H,2-3,8,12H2,1H3. The maximum absolute atomic E-state index is 12.9. The van der Waals surface area contributed by atoms with E-state index in [1.807, 2.05) is 26.0 Å². The first-order valence-corrected chi connectivity index (χ1v) is 13.9. The minimum absolute atomic E-state index is 0.279. The molecule has 226 valence electrons. The fourth-order valence-electron chi connectivity index (χ4n) is 4.57. The second-order valence-corrected chi connectivity index (χ2v) is 10.4. The third-order valence-corrected chi connectivity index (χ3v) is 6.80. The molecule has 0 saturated carbocycles. The van der Waals surface area contributed by atoms with Gasteiger partial charge in [0.15, 0.2) is 0 Å². The van der Waals surface area contributed by atoms with Crippen molar-refractivity contribution in [3.8, 4) is 34.1 Å². The molecule has 0 atom stereocenters. The molecule has 2 heterocycles. The second kappa shape index (κ2) is 13.4. The third kappa shape index (κ3) is 6.94. The summed E-state index contributed by atoms with van der Waals surface area (Å²) in [6.07, 6.45) is 5.84. The molecule has 9 heteroatoms. The van der Waals surface area contributed by atoms with E-state index in [2.05, 4.69) is 6.92 Å². The number of unbranched alkanes of at least 4 members (excludes halogenated alkanes) is 1. The quantitative estimate of drug-likeness (QED) is 0.102. The molecule has 0 aliphatic carbocycles. The van der Waals surface area contributed by atoms with E-state index in [-0.39, 0.29) is 5.97 Å². The minimum atomic E-state index is -0.507. The van der Waals surface area contributed by atoms with Crippen LogP contribution in [0.4, 0.5) is 5.69 Å². The summed E-state index contributed by atoms with van der Waals surface area (Å²) in [6, 6.07) is 15.6. The highest BCUT2D eigenvalue weighted by Crippen LogP contribution is 2.47. The van der Waals surface area contributed by atoms with Crippen LogP contribution >= 0.6 is 0 Å². The Morgan fingerprint density at radius 2 is 1.60 bits per heavy atom. The monoisotopic (exact) mass is 587 g/mol. The van der Waals surface area contributed by atoms with Crippen molar-refractivity contribution >= 4 is 28.7 Å². The number of carbonyl (C=O) groups is 1. The zero-order valence-corrected chi connectivity index (χ0v) is 25.3. The van der Waals surface area contributed by atoms with Gasteiger partial charge in [0.2, 0.25) is 0 Å². The lowest BCUT2D eigenvalue weighted by Gasteiger charge is -2.29. The number of rotatable bonds is 8. The van der Waals surface area contributed by atoms with E-state index in [0.29, 0.717) is 63.0 Å². The summed E-state index contributed by atoms with van der Waals surface area (Å²) in [5, 5.41) is 0.576. The van der Waals surface area contributed by atoms with Crippen molar-refractivity contribution in [1.82, 2.24) is 0 Å². The maximum atomic E-state index is 12.9. The van der Waals surface area contributed by atoms with Gasteiger partial charge in [0, 0.05) is 11.8 Å². The van der Waals surface area contributed by atoms with Crippen molar-refractivity contribution in [3.63, 3.8) is 0 Å². The Morgan fingerprint density at radius 1 is 0.930 bits per heavy atom. The normalized spacial score (nSPS) is 12.8. The number of methoxy groups -OCH3 is 3. The van der Waals surface area contributed by atoms with Crippen molar-refractivity contribution < 1.29 is 32.9 Å². The highest BCUT2D eigenvalue weighted by atomic mass is 16.5. The number of carbonyl (C=O) groups excluding carboxylic acids is 1. The first kappa shape index (κ1) is 31.0. The highest BCUT2D eigenvalue weighted by Gasteiger charge is 2.29. The van der Waals surface area contributed by atoms with Crippen LogP contribution in [-0.4, -0.2) is 39.5 Å². The van der Waals surface area contributed by atoms with Gasteiger partial charge in [-0.05, 0) is 74.4 Å². The molecule has 0 amide bonds. The lowest BCUT2D eigenvalue weighted by Crippen LogP contribution is -2.27. The topological polar surface area (TPSA) is 119 Å².